The summed E-state index contributed by atoms with van der Waals surface area (Å²) >= 11 is 6.37. The van der Waals surface area contributed by atoms with Crippen molar-refractivity contribution in [1.29, 1.82) is 0 Å². The number of amides is 1. The summed E-state index contributed by atoms with van der Waals surface area (Å²) in [7, 11) is 0. The van der Waals surface area contributed by atoms with E-state index in [0.717, 1.165) is 37.2 Å². The molecule has 1 amide bonds. The van der Waals surface area contributed by atoms with Crippen LogP contribution in [0.25, 0.3) is 6.08 Å². The Morgan fingerprint density at radius 2 is 2.27 bits per heavy atom. The molecule has 1 aliphatic heterocycles. The summed E-state index contributed by atoms with van der Waals surface area (Å²) in [5.41, 5.74) is 7.57. The Labute approximate surface area is 137 Å². The molecule has 0 bridgehead atoms. The number of aromatic nitrogens is 2. The molecule has 0 saturated carbocycles. The van der Waals surface area contributed by atoms with Crippen molar-refractivity contribution in [3.63, 3.8) is 0 Å². The standard InChI is InChI=1S/C16H25ClN4O/c1-11(2)9-21-16(17)14(12(3)19-21)6-7-15(22)20-8-4-5-13(18)10-20/h6-7,11,13H,4-5,8-10,18H2,1-3H3/b7-6+. The average molecular weight is 325 g/mol. The lowest BCUT2D eigenvalue weighted by Crippen LogP contribution is -2.45. The number of halogens is 1. The van der Waals surface area contributed by atoms with E-state index in [0.29, 0.717) is 17.6 Å². The number of likely N-dealkylation sites (tertiary alicyclic amines) is 1. The number of nitrogens with two attached hydrogens (primary N) is 1. The zero-order valence-corrected chi connectivity index (χ0v) is 14.3. The first-order valence-electron chi connectivity index (χ1n) is 7.84. The molecule has 1 aromatic rings. The highest BCUT2D eigenvalue weighted by Gasteiger charge is 2.20. The second-order valence-electron chi connectivity index (χ2n) is 6.39. The molecule has 1 aliphatic rings. The molecule has 1 saturated heterocycles. The summed E-state index contributed by atoms with van der Waals surface area (Å²) in [6.45, 7) is 8.31. The van der Waals surface area contributed by atoms with Gasteiger partial charge in [-0.3, -0.25) is 9.48 Å². The average Bonchev–Trinajstić information content (AvgIpc) is 2.70. The molecular formula is C16H25ClN4O. The Bertz CT molecular complexity index is 565. The van der Waals surface area contributed by atoms with Gasteiger partial charge in [0.05, 0.1) is 5.69 Å². The van der Waals surface area contributed by atoms with E-state index in [1.165, 1.54) is 0 Å². The molecule has 1 unspecified atom stereocenters. The van der Waals surface area contributed by atoms with Crippen molar-refractivity contribution < 1.29 is 4.79 Å². The molecule has 22 heavy (non-hydrogen) atoms. The molecule has 6 heteroatoms. The lowest BCUT2D eigenvalue weighted by Gasteiger charge is -2.29. The second-order valence-corrected chi connectivity index (χ2v) is 6.74. The molecule has 0 aliphatic carbocycles. The van der Waals surface area contributed by atoms with E-state index in [9.17, 15) is 4.79 Å². The Balaban J connectivity index is 2.09. The van der Waals surface area contributed by atoms with Crippen LogP contribution in [-0.2, 0) is 11.3 Å². The third-order valence-electron chi connectivity index (χ3n) is 3.81. The highest BCUT2D eigenvalue weighted by atomic mass is 35.5. The van der Waals surface area contributed by atoms with Gasteiger partial charge in [-0.1, -0.05) is 25.4 Å². The molecule has 1 atom stereocenters. The zero-order valence-electron chi connectivity index (χ0n) is 13.6. The quantitative estimate of drug-likeness (QED) is 0.865. The van der Waals surface area contributed by atoms with E-state index >= 15 is 0 Å². The SMILES string of the molecule is Cc1nn(CC(C)C)c(Cl)c1/C=C/C(=O)N1CCCC(N)C1. The number of hydrogen-bond donors (Lipinski definition) is 1. The normalized spacial score (nSPS) is 19.4. The molecule has 5 nitrogen and oxygen atoms in total. The summed E-state index contributed by atoms with van der Waals surface area (Å²) in [5.74, 6) is 0.451. The van der Waals surface area contributed by atoms with Crippen molar-refractivity contribution in [3.05, 3.63) is 22.5 Å². The lowest BCUT2D eigenvalue weighted by molar-refractivity contribution is -0.127. The summed E-state index contributed by atoms with van der Waals surface area (Å²) in [4.78, 5) is 14.0. The first kappa shape index (κ1) is 17.0. The van der Waals surface area contributed by atoms with Crippen LogP contribution < -0.4 is 5.73 Å². The Morgan fingerprint density at radius 3 is 2.91 bits per heavy atom. The molecule has 2 N–H and O–H groups in total. The van der Waals surface area contributed by atoms with E-state index in [4.69, 9.17) is 17.3 Å². The van der Waals surface area contributed by atoms with Crippen molar-refractivity contribution in [2.45, 2.75) is 46.2 Å². The topological polar surface area (TPSA) is 64.2 Å². The van der Waals surface area contributed by atoms with E-state index in [-0.39, 0.29) is 11.9 Å². The molecule has 0 radical (unpaired) electrons. The van der Waals surface area contributed by atoms with Gasteiger partial charge >= 0.3 is 0 Å². The van der Waals surface area contributed by atoms with Crippen molar-refractivity contribution in [3.8, 4) is 0 Å². The highest BCUT2D eigenvalue weighted by Crippen LogP contribution is 2.22. The van der Waals surface area contributed by atoms with E-state index in [1.54, 1.807) is 21.7 Å². The van der Waals surface area contributed by atoms with Crippen LogP contribution in [0.4, 0.5) is 0 Å². The largest absolute Gasteiger partial charge is 0.338 e. The minimum atomic E-state index is -0.0118. The van der Waals surface area contributed by atoms with E-state index < -0.39 is 0 Å². The predicted octanol–water partition coefficient (Wildman–Crippen LogP) is 2.46. The number of piperidine rings is 1. The summed E-state index contributed by atoms with van der Waals surface area (Å²) in [6.07, 6.45) is 5.30. The van der Waals surface area contributed by atoms with Gasteiger partial charge in [0.2, 0.25) is 5.91 Å². The molecule has 122 valence electrons. The fourth-order valence-corrected chi connectivity index (χ4v) is 3.00. The van der Waals surface area contributed by atoms with Crippen LogP contribution in [-0.4, -0.2) is 39.7 Å². The highest BCUT2D eigenvalue weighted by molar-refractivity contribution is 6.31. The van der Waals surface area contributed by atoms with E-state index in [1.807, 2.05) is 6.92 Å². The summed E-state index contributed by atoms with van der Waals surface area (Å²) in [6, 6.07) is 0.0882. The molecule has 2 rings (SSSR count). The van der Waals surface area contributed by atoms with E-state index in [2.05, 4.69) is 18.9 Å². The number of aryl methyl sites for hydroxylation is 1. The van der Waals surface area contributed by atoms with Gasteiger partial charge in [0.25, 0.3) is 0 Å². The molecule has 1 aromatic heterocycles. The Kier molecular flexibility index (Phi) is 5.64. The zero-order chi connectivity index (χ0) is 16.3. The van der Waals surface area contributed by atoms with Crippen molar-refractivity contribution in [1.82, 2.24) is 14.7 Å². The van der Waals surface area contributed by atoms with Crippen LogP contribution in [0.5, 0.6) is 0 Å². The first-order chi connectivity index (χ1) is 10.4. The lowest BCUT2D eigenvalue weighted by atomic mass is 10.1. The van der Waals surface area contributed by atoms with Gasteiger partial charge < -0.3 is 10.6 Å². The monoisotopic (exact) mass is 324 g/mol. The Hall–Kier alpha value is -1.33. The fourth-order valence-electron chi connectivity index (χ4n) is 2.69. The van der Waals surface area contributed by atoms with Crippen LogP contribution in [0.15, 0.2) is 6.08 Å². The van der Waals surface area contributed by atoms with Crippen LogP contribution in [0, 0.1) is 12.8 Å². The maximum absolute atomic E-state index is 12.2. The van der Waals surface area contributed by atoms with Gasteiger partial charge in [-0.25, -0.2) is 0 Å². The van der Waals surface area contributed by atoms with Crippen LogP contribution in [0.3, 0.4) is 0 Å². The van der Waals surface area contributed by atoms with Gasteiger partial charge in [0.1, 0.15) is 5.15 Å². The minimum absolute atomic E-state index is 0.0118. The predicted molar refractivity (Wildman–Crippen MR) is 89.6 cm³/mol. The molecule has 2 heterocycles. The van der Waals surface area contributed by atoms with Gasteiger partial charge in [0.15, 0.2) is 0 Å². The van der Waals surface area contributed by atoms with Crippen LogP contribution in [0.2, 0.25) is 5.15 Å². The maximum atomic E-state index is 12.2. The third-order valence-corrected chi connectivity index (χ3v) is 4.21. The molecule has 0 aromatic carbocycles. The van der Waals surface area contributed by atoms with Gasteiger partial charge in [-0.2, -0.15) is 5.10 Å². The maximum Gasteiger partial charge on any atom is 0.246 e. The smallest absolute Gasteiger partial charge is 0.246 e. The van der Waals surface area contributed by atoms with Crippen molar-refractivity contribution >= 4 is 23.6 Å². The number of rotatable bonds is 4. The summed E-state index contributed by atoms with van der Waals surface area (Å²) < 4.78 is 1.79. The molecule has 0 spiro atoms. The van der Waals surface area contributed by atoms with Gasteiger partial charge in [-0.05, 0) is 31.8 Å². The van der Waals surface area contributed by atoms with Crippen molar-refractivity contribution in [2.75, 3.05) is 13.1 Å². The van der Waals surface area contributed by atoms with Crippen LogP contribution >= 0.6 is 11.6 Å². The number of hydrogen-bond acceptors (Lipinski definition) is 3. The number of nitrogens with zero attached hydrogens (tertiary/aromatic N) is 3. The first-order valence-corrected chi connectivity index (χ1v) is 8.21. The number of carbonyl (C=O) groups excluding carboxylic acids is 1. The fraction of sp³-hybridized carbons (Fsp3) is 0.625. The minimum Gasteiger partial charge on any atom is -0.338 e. The summed E-state index contributed by atoms with van der Waals surface area (Å²) in [5, 5.41) is 5.03. The third kappa shape index (κ3) is 4.11. The van der Waals surface area contributed by atoms with Crippen molar-refractivity contribution in [2.24, 2.45) is 11.7 Å². The van der Waals surface area contributed by atoms with Gasteiger partial charge in [0, 0.05) is 37.3 Å². The Morgan fingerprint density at radius 1 is 1.55 bits per heavy atom. The second kappa shape index (κ2) is 7.29. The van der Waals surface area contributed by atoms with Crippen LogP contribution in [0.1, 0.15) is 37.9 Å². The number of carbonyl (C=O) groups is 1. The molecular weight excluding hydrogens is 300 g/mol. The van der Waals surface area contributed by atoms with Gasteiger partial charge in [-0.15, -0.1) is 0 Å². The molecule has 1 fully saturated rings.